The molecule has 0 bridgehead atoms. The van der Waals surface area contributed by atoms with Crippen LogP contribution in [0.2, 0.25) is 0 Å². The Morgan fingerprint density at radius 3 is 2.77 bits per heavy atom. The molecule has 2 heterocycles. The molecule has 4 aromatic rings. The molecule has 0 fully saturated rings. The molecule has 5 heteroatoms. The van der Waals surface area contributed by atoms with Crippen molar-refractivity contribution in [2.45, 2.75) is 13.8 Å². The first-order valence-electron chi connectivity index (χ1n) is 8.29. The summed E-state index contributed by atoms with van der Waals surface area (Å²) >= 11 is 1.57. The van der Waals surface area contributed by atoms with Crippen LogP contribution in [0.1, 0.15) is 21.6 Å². The molecule has 26 heavy (non-hydrogen) atoms. The molecule has 0 radical (unpaired) electrons. The van der Waals surface area contributed by atoms with Crippen molar-refractivity contribution in [1.29, 1.82) is 0 Å². The first-order chi connectivity index (χ1) is 12.6. The van der Waals surface area contributed by atoms with Crippen molar-refractivity contribution < 1.29 is 4.79 Å². The highest BCUT2D eigenvalue weighted by molar-refractivity contribution is 7.13. The summed E-state index contributed by atoms with van der Waals surface area (Å²) in [5, 5.41) is 6.75. The first kappa shape index (κ1) is 16.4. The molecule has 0 atom stereocenters. The number of carbonyl (C=O) groups excluding carboxylic acids is 1. The summed E-state index contributed by atoms with van der Waals surface area (Å²) in [5.41, 5.74) is 5.13. The molecule has 0 aliphatic heterocycles. The maximum Gasteiger partial charge on any atom is 0.256 e. The van der Waals surface area contributed by atoms with Crippen LogP contribution in [0.4, 0.5) is 5.69 Å². The number of pyridine rings is 1. The van der Waals surface area contributed by atoms with Gasteiger partial charge in [0, 0.05) is 33.9 Å². The summed E-state index contributed by atoms with van der Waals surface area (Å²) in [6.45, 7) is 3.91. The van der Waals surface area contributed by atoms with Gasteiger partial charge < -0.3 is 5.32 Å². The highest BCUT2D eigenvalue weighted by Gasteiger charge is 2.13. The molecule has 0 unspecified atom stereocenters. The second-order valence-corrected chi connectivity index (χ2v) is 7.10. The van der Waals surface area contributed by atoms with Crippen molar-refractivity contribution in [1.82, 2.24) is 9.97 Å². The van der Waals surface area contributed by atoms with Gasteiger partial charge in [0.1, 0.15) is 5.01 Å². The summed E-state index contributed by atoms with van der Waals surface area (Å²) in [4.78, 5) is 21.8. The minimum absolute atomic E-state index is 0.137. The molecule has 1 N–H and O–H groups in total. The normalized spacial score (nSPS) is 10.8. The third-order valence-electron chi connectivity index (χ3n) is 4.14. The van der Waals surface area contributed by atoms with E-state index in [-0.39, 0.29) is 5.91 Å². The van der Waals surface area contributed by atoms with Crippen molar-refractivity contribution in [3.05, 3.63) is 76.9 Å². The fourth-order valence-corrected chi connectivity index (χ4v) is 3.59. The predicted octanol–water partition coefficient (Wildman–Crippen LogP) is 5.23. The van der Waals surface area contributed by atoms with Crippen LogP contribution >= 0.6 is 11.3 Å². The van der Waals surface area contributed by atoms with Gasteiger partial charge >= 0.3 is 0 Å². The van der Waals surface area contributed by atoms with Gasteiger partial charge in [-0.25, -0.2) is 4.98 Å². The molecular formula is C21H17N3OS. The van der Waals surface area contributed by atoms with Crippen molar-refractivity contribution in [2.75, 3.05) is 5.32 Å². The van der Waals surface area contributed by atoms with Gasteiger partial charge in [0.2, 0.25) is 0 Å². The number of anilines is 1. The van der Waals surface area contributed by atoms with Gasteiger partial charge in [-0.2, -0.15) is 0 Å². The zero-order valence-corrected chi connectivity index (χ0v) is 15.3. The number of amides is 1. The number of fused-ring (bicyclic) bond motifs is 1. The molecule has 2 aromatic carbocycles. The first-order valence-corrected chi connectivity index (χ1v) is 9.17. The number of aromatic nitrogens is 2. The Morgan fingerprint density at radius 1 is 1.08 bits per heavy atom. The van der Waals surface area contributed by atoms with Crippen LogP contribution in [0, 0.1) is 13.8 Å². The zero-order chi connectivity index (χ0) is 18.1. The molecule has 1 amide bonds. The lowest BCUT2D eigenvalue weighted by molar-refractivity contribution is 0.102. The van der Waals surface area contributed by atoms with E-state index in [9.17, 15) is 4.79 Å². The number of carbonyl (C=O) groups is 1. The summed E-state index contributed by atoms with van der Waals surface area (Å²) in [5.74, 6) is -0.137. The molecular weight excluding hydrogens is 342 g/mol. The van der Waals surface area contributed by atoms with Crippen molar-refractivity contribution in [3.8, 4) is 10.6 Å². The van der Waals surface area contributed by atoms with E-state index in [0.717, 1.165) is 38.4 Å². The maximum atomic E-state index is 12.9. The third-order valence-corrected chi connectivity index (χ3v) is 4.96. The van der Waals surface area contributed by atoms with E-state index in [1.807, 2.05) is 67.8 Å². The smallest absolute Gasteiger partial charge is 0.256 e. The summed E-state index contributed by atoms with van der Waals surface area (Å²) in [7, 11) is 0. The zero-order valence-electron chi connectivity index (χ0n) is 14.5. The van der Waals surface area contributed by atoms with Gasteiger partial charge in [0.05, 0.1) is 11.1 Å². The molecule has 0 aliphatic rings. The Bertz CT molecular complexity index is 1100. The summed E-state index contributed by atoms with van der Waals surface area (Å²) in [6, 6.07) is 15.5. The Morgan fingerprint density at radius 2 is 1.96 bits per heavy atom. The quantitative estimate of drug-likeness (QED) is 0.545. The molecule has 0 spiro atoms. The van der Waals surface area contributed by atoms with E-state index in [0.29, 0.717) is 5.56 Å². The average Bonchev–Trinajstić information content (AvgIpc) is 3.16. The molecule has 0 saturated heterocycles. The number of rotatable bonds is 3. The fraction of sp³-hybridized carbons (Fsp3) is 0.0952. The average molecular weight is 359 g/mol. The van der Waals surface area contributed by atoms with Crippen LogP contribution in [-0.2, 0) is 0 Å². The largest absolute Gasteiger partial charge is 0.322 e. The number of hydrogen-bond acceptors (Lipinski definition) is 4. The third kappa shape index (κ3) is 3.21. The second kappa shape index (κ2) is 6.69. The van der Waals surface area contributed by atoms with Gasteiger partial charge in [-0.15, -0.1) is 11.3 Å². The summed E-state index contributed by atoms with van der Waals surface area (Å²) < 4.78 is 0. The van der Waals surface area contributed by atoms with Gasteiger partial charge in [0.25, 0.3) is 5.91 Å². The van der Waals surface area contributed by atoms with E-state index in [1.54, 1.807) is 17.5 Å². The minimum atomic E-state index is -0.137. The van der Waals surface area contributed by atoms with E-state index in [4.69, 9.17) is 0 Å². The lowest BCUT2D eigenvalue weighted by Crippen LogP contribution is -2.13. The Kier molecular flexibility index (Phi) is 4.22. The fourth-order valence-electron chi connectivity index (χ4n) is 2.95. The molecule has 4 nitrogen and oxygen atoms in total. The van der Waals surface area contributed by atoms with Crippen LogP contribution < -0.4 is 5.32 Å². The number of benzene rings is 2. The van der Waals surface area contributed by atoms with Crippen molar-refractivity contribution in [3.63, 3.8) is 0 Å². The van der Waals surface area contributed by atoms with Gasteiger partial charge in [-0.1, -0.05) is 23.8 Å². The topological polar surface area (TPSA) is 54.9 Å². The monoisotopic (exact) mass is 359 g/mol. The molecule has 0 aliphatic carbocycles. The van der Waals surface area contributed by atoms with E-state index in [2.05, 4.69) is 15.3 Å². The van der Waals surface area contributed by atoms with Gasteiger partial charge in [-0.05, 0) is 44.2 Å². The SMILES string of the molecule is Cc1ccc2nc(C)cc(C(=O)Nc3cccc(-c4nccs4)c3)c2c1. The Balaban J connectivity index is 1.70. The van der Waals surface area contributed by atoms with Crippen LogP contribution in [0.3, 0.4) is 0 Å². The van der Waals surface area contributed by atoms with E-state index < -0.39 is 0 Å². The lowest BCUT2D eigenvalue weighted by atomic mass is 10.0. The highest BCUT2D eigenvalue weighted by atomic mass is 32.1. The molecule has 4 rings (SSSR count). The van der Waals surface area contributed by atoms with E-state index in [1.165, 1.54) is 0 Å². The number of thiazole rings is 1. The van der Waals surface area contributed by atoms with Crippen LogP contribution in [0.15, 0.2) is 60.1 Å². The number of aryl methyl sites for hydroxylation is 2. The standard InChI is InChI=1S/C21H17N3OS/c1-13-6-7-19-17(10-13)18(11-14(2)23-19)20(25)24-16-5-3-4-15(12-16)21-22-8-9-26-21/h3-12H,1-2H3,(H,24,25). The summed E-state index contributed by atoms with van der Waals surface area (Å²) in [6.07, 6.45) is 1.78. The van der Waals surface area contributed by atoms with Crippen molar-refractivity contribution >= 4 is 33.8 Å². The lowest BCUT2D eigenvalue weighted by Gasteiger charge is -2.10. The van der Waals surface area contributed by atoms with Crippen LogP contribution in [0.25, 0.3) is 21.5 Å². The van der Waals surface area contributed by atoms with Crippen LogP contribution in [0.5, 0.6) is 0 Å². The van der Waals surface area contributed by atoms with Gasteiger partial charge in [-0.3, -0.25) is 9.78 Å². The molecule has 2 aromatic heterocycles. The maximum absolute atomic E-state index is 12.9. The predicted molar refractivity (Wildman–Crippen MR) is 107 cm³/mol. The van der Waals surface area contributed by atoms with Crippen LogP contribution in [-0.4, -0.2) is 15.9 Å². The number of hydrogen-bond donors (Lipinski definition) is 1. The van der Waals surface area contributed by atoms with Gasteiger partial charge in [0.15, 0.2) is 0 Å². The molecule has 128 valence electrons. The van der Waals surface area contributed by atoms with Crippen molar-refractivity contribution in [2.24, 2.45) is 0 Å². The Hall–Kier alpha value is -3.05. The Labute approximate surface area is 155 Å². The molecule has 0 saturated carbocycles. The minimum Gasteiger partial charge on any atom is -0.322 e. The number of nitrogens with zero attached hydrogens (tertiary/aromatic N) is 2. The second-order valence-electron chi connectivity index (χ2n) is 6.20. The highest BCUT2D eigenvalue weighted by Crippen LogP contribution is 2.26. The number of nitrogens with one attached hydrogen (secondary N) is 1. The van der Waals surface area contributed by atoms with E-state index >= 15 is 0 Å².